The predicted molar refractivity (Wildman–Crippen MR) is 375 cm³/mol. The SMILES string of the molecule is CCCCCCCCCCC/C=C/C(O)C(COC1OC(CO)C(O)C(O)C1O)NC(=O)CCCCCCCCCCCCCCCCCCCCCCCCCCCCCCCCCCCCCCCCCOC(=O)CCCCCCCCCCCCC. The third-order valence-electron chi connectivity index (χ3n) is 19.2. The Bertz CT molecular complexity index is 1480. The van der Waals surface area contributed by atoms with Crippen LogP contribution in [0.15, 0.2) is 12.2 Å². The molecular formula is C78H151NO10. The molecule has 89 heavy (non-hydrogen) atoms. The first-order chi connectivity index (χ1) is 43.7. The summed E-state index contributed by atoms with van der Waals surface area (Å²) in [5, 5.41) is 54.5. The van der Waals surface area contributed by atoms with Gasteiger partial charge in [-0.2, -0.15) is 0 Å². The van der Waals surface area contributed by atoms with Gasteiger partial charge in [0.05, 0.1) is 32.0 Å². The van der Waals surface area contributed by atoms with Crippen molar-refractivity contribution in [1.82, 2.24) is 5.32 Å². The summed E-state index contributed by atoms with van der Waals surface area (Å²) in [6.07, 6.45) is 75.4. The lowest BCUT2D eigenvalue weighted by molar-refractivity contribution is -0.302. The predicted octanol–water partition coefficient (Wildman–Crippen LogP) is 21.0. The van der Waals surface area contributed by atoms with E-state index in [-0.39, 0.29) is 18.5 Å². The number of amides is 1. The number of aliphatic hydroxyl groups excluding tert-OH is 5. The van der Waals surface area contributed by atoms with E-state index < -0.39 is 49.5 Å². The number of unbranched alkanes of at least 4 members (excludes halogenated alkanes) is 57. The van der Waals surface area contributed by atoms with Crippen LogP contribution in [-0.2, 0) is 23.8 Å². The maximum absolute atomic E-state index is 13.1. The molecule has 1 amide bonds. The molecule has 11 nitrogen and oxygen atoms in total. The molecular weight excluding hydrogens is 1110 g/mol. The smallest absolute Gasteiger partial charge is 0.305 e. The van der Waals surface area contributed by atoms with Gasteiger partial charge in [-0.05, 0) is 32.1 Å². The third-order valence-corrected chi connectivity index (χ3v) is 19.2. The van der Waals surface area contributed by atoms with E-state index in [0.29, 0.717) is 19.4 Å². The molecule has 1 fully saturated rings. The highest BCUT2D eigenvalue weighted by atomic mass is 16.7. The zero-order valence-corrected chi connectivity index (χ0v) is 58.9. The van der Waals surface area contributed by atoms with Crippen molar-refractivity contribution < 1.29 is 49.3 Å². The Hall–Kier alpha value is -1.60. The molecule has 528 valence electrons. The summed E-state index contributed by atoms with van der Waals surface area (Å²) in [6, 6.07) is -0.804. The minimum absolute atomic E-state index is 0.0189. The van der Waals surface area contributed by atoms with Gasteiger partial charge in [-0.15, -0.1) is 0 Å². The highest BCUT2D eigenvalue weighted by Gasteiger charge is 2.44. The van der Waals surface area contributed by atoms with E-state index in [0.717, 1.165) is 51.4 Å². The first kappa shape index (κ1) is 85.4. The van der Waals surface area contributed by atoms with Gasteiger partial charge in [0.15, 0.2) is 6.29 Å². The van der Waals surface area contributed by atoms with Crippen LogP contribution < -0.4 is 5.32 Å². The summed E-state index contributed by atoms with van der Waals surface area (Å²) < 4.78 is 16.7. The molecule has 0 aromatic heterocycles. The number of carbonyl (C=O) groups is 2. The maximum atomic E-state index is 13.1. The average molecular weight is 1260 g/mol. The molecule has 1 saturated heterocycles. The Kier molecular flexibility index (Phi) is 65.1. The minimum atomic E-state index is -1.57. The highest BCUT2D eigenvalue weighted by Crippen LogP contribution is 2.24. The van der Waals surface area contributed by atoms with E-state index in [1.165, 1.54) is 334 Å². The van der Waals surface area contributed by atoms with Gasteiger partial charge in [0, 0.05) is 12.8 Å². The summed E-state index contributed by atoms with van der Waals surface area (Å²) in [5.74, 6) is -0.155. The van der Waals surface area contributed by atoms with Crippen molar-refractivity contribution >= 4 is 11.9 Å². The maximum Gasteiger partial charge on any atom is 0.305 e. The Morgan fingerprint density at radius 1 is 0.404 bits per heavy atom. The molecule has 0 aliphatic carbocycles. The van der Waals surface area contributed by atoms with E-state index in [2.05, 4.69) is 19.2 Å². The van der Waals surface area contributed by atoms with Gasteiger partial charge in [-0.25, -0.2) is 0 Å². The largest absolute Gasteiger partial charge is 0.466 e. The summed E-state index contributed by atoms with van der Waals surface area (Å²) in [5.41, 5.74) is 0. The van der Waals surface area contributed by atoms with Crippen molar-refractivity contribution in [2.75, 3.05) is 19.8 Å². The second kappa shape index (κ2) is 67.8. The van der Waals surface area contributed by atoms with Gasteiger partial charge in [-0.3, -0.25) is 9.59 Å². The first-order valence-electron chi connectivity index (χ1n) is 39.5. The number of allylic oxidation sites excluding steroid dienone is 1. The van der Waals surface area contributed by atoms with Crippen LogP contribution in [0.3, 0.4) is 0 Å². The Morgan fingerprint density at radius 2 is 0.708 bits per heavy atom. The van der Waals surface area contributed by atoms with Gasteiger partial charge in [0.25, 0.3) is 0 Å². The quantitative estimate of drug-likeness (QED) is 0.0195. The molecule has 7 unspecified atom stereocenters. The molecule has 1 aliphatic rings. The van der Waals surface area contributed by atoms with Crippen molar-refractivity contribution in [1.29, 1.82) is 0 Å². The fourth-order valence-electron chi connectivity index (χ4n) is 13.0. The molecule has 0 radical (unpaired) electrons. The fourth-order valence-corrected chi connectivity index (χ4v) is 13.0. The molecule has 1 heterocycles. The lowest BCUT2D eigenvalue weighted by Gasteiger charge is -2.40. The zero-order chi connectivity index (χ0) is 64.4. The van der Waals surface area contributed by atoms with Crippen LogP contribution in [0.25, 0.3) is 0 Å². The standard InChI is InChI=1S/C78H151NO10/c1-3-5-7-9-11-13-44-48-52-56-60-64-71(81)70(69-88-78-77(86)76(85)75(84)72(68-80)89-78)79-73(82)65-61-57-53-49-46-42-40-38-36-34-32-30-28-26-24-22-20-18-16-15-17-19-21-23-25-27-29-31-33-35-37-39-41-43-47-51-55-59-63-67-87-74(83)66-62-58-54-50-45-14-12-10-8-6-4-2/h60,64,70-72,75-78,80-81,84-86H,3-59,61-63,65-69H2,1-2H3,(H,79,82)/b64-60+. The number of esters is 1. The molecule has 7 atom stereocenters. The van der Waals surface area contributed by atoms with Crippen molar-refractivity contribution in [3.05, 3.63) is 12.2 Å². The molecule has 0 aromatic carbocycles. The molecule has 0 spiro atoms. The molecule has 1 rings (SSSR count). The first-order valence-corrected chi connectivity index (χ1v) is 39.5. The molecule has 11 heteroatoms. The van der Waals surface area contributed by atoms with Gasteiger partial charge < -0.3 is 45.1 Å². The van der Waals surface area contributed by atoms with Crippen LogP contribution >= 0.6 is 0 Å². The monoisotopic (exact) mass is 1260 g/mol. The van der Waals surface area contributed by atoms with Crippen LogP contribution in [0.5, 0.6) is 0 Å². The van der Waals surface area contributed by atoms with Crippen LogP contribution in [-0.4, -0.2) is 100 Å². The van der Waals surface area contributed by atoms with E-state index >= 15 is 0 Å². The van der Waals surface area contributed by atoms with E-state index in [9.17, 15) is 35.1 Å². The van der Waals surface area contributed by atoms with E-state index in [1.807, 2.05) is 6.08 Å². The molecule has 1 aliphatic heterocycles. The molecule has 6 N–H and O–H groups in total. The zero-order valence-electron chi connectivity index (χ0n) is 58.9. The molecule has 0 aromatic rings. The average Bonchev–Trinajstić information content (AvgIpc) is 2.32. The second-order valence-corrected chi connectivity index (χ2v) is 27.8. The Labute approximate surface area is 550 Å². The fraction of sp³-hybridized carbons (Fsp3) is 0.949. The summed E-state index contributed by atoms with van der Waals surface area (Å²) in [7, 11) is 0. The van der Waals surface area contributed by atoms with Crippen LogP contribution in [0.1, 0.15) is 412 Å². The lowest BCUT2D eigenvalue weighted by Crippen LogP contribution is -2.60. The number of hydrogen-bond acceptors (Lipinski definition) is 10. The Balaban J connectivity index is 1.86. The van der Waals surface area contributed by atoms with E-state index in [1.54, 1.807) is 6.08 Å². The minimum Gasteiger partial charge on any atom is -0.466 e. The van der Waals surface area contributed by atoms with Gasteiger partial charge >= 0.3 is 5.97 Å². The number of nitrogens with one attached hydrogen (secondary N) is 1. The lowest BCUT2D eigenvalue weighted by atomic mass is 9.99. The van der Waals surface area contributed by atoms with Crippen LogP contribution in [0, 0.1) is 0 Å². The summed E-state index contributed by atoms with van der Waals surface area (Å²) >= 11 is 0. The van der Waals surface area contributed by atoms with Gasteiger partial charge in [-0.1, -0.05) is 379 Å². The number of carbonyl (C=O) groups excluding carboxylic acids is 2. The normalized spacial score (nSPS) is 17.7. The van der Waals surface area contributed by atoms with Crippen molar-refractivity contribution in [3.8, 4) is 0 Å². The summed E-state index contributed by atoms with van der Waals surface area (Å²) in [6.45, 7) is 4.39. The van der Waals surface area contributed by atoms with Crippen molar-refractivity contribution in [3.63, 3.8) is 0 Å². The van der Waals surface area contributed by atoms with Gasteiger partial charge in [0.2, 0.25) is 5.91 Å². The van der Waals surface area contributed by atoms with Crippen LogP contribution in [0.2, 0.25) is 0 Å². The van der Waals surface area contributed by atoms with Gasteiger partial charge in [0.1, 0.15) is 24.4 Å². The van der Waals surface area contributed by atoms with Crippen molar-refractivity contribution in [2.45, 2.75) is 455 Å². The molecule has 0 saturated carbocycles. The molecule has 0 bridgehead atoms. The van der Waals surface area contributed by atoms with E-state index in [4.69, 9.17) is 14.2 Å². The number of aliphatic hydroxyl groups is 5. The highest BCUT2D eigenvalue weighted by molar-refractivity contribution is 5.76. The number of ether oxygens (including phenoxy) is 3. The topological polar surface area (TPSA) is 175 Å². The second-order valence-electron chi connectivity index (χ2n) is 27.8. The van der Waals surface area contributed by atoms with Crippen molar-refractivity contribution in [2.24, 2.45) is 0 Å². The van der Waals surface area contributed by atoms with Crippen LogP contribution in [0.4, 0.5) is 0 Å². The summed E-state index contributed by atoms with van der Waals surface area (Å²) in [4.78, 5) is 25.1. The third kappa shape index (κ3) is 56.5. The number of rotatable bonds is 71. The number of hydrogen-bond donors (Lipinski definition) is 6. The Morgan fingerprint density at radius 3 is 1.04 bits per heavy atom.